The first-order chi connectivity index (χ1) is 11.0. The number of benzene rings is 1. The van der Waals surface area contributed by atoms with Crippen molar-refractivity contribution in [3.8, 4) is 11.5 Å². The van der Waals surface area contributed by atoms with E-state index in [4.69, 9.17) is 9.47 Å². The van der Waals surface area contributed by atoms with E-state index in [0.29, 0.717) is 24.8 Å². The van der Waals surface area contributed by atoms with Crippen LogP contribution in [0.5, 0.6) is 11.5 Å². The van der Waals surface area contributed by atoms with Crippen molar-refractivity contribution in [3.63, 3.8) is 0 Å². The van der Waals surface area contributed by atoms with Gasteiger partial charge >= 0.3 is 6.18 Å². The number of isocyanates is 1. The molecule has 3 rings (SSSR count). The molecule has 0 amide bonds. The van der Waals surface area contributed by atoms with Gasteiger partial charge in [-0.15, -0.1) is 0 Å². The molecule has 1 heterocycles. The molecule has 0 spiro atoms. The fourth-order valence-electron chi connectivity index (χ4n) is 3.33. The second-order valence-electron chi connectivity index (χ2n) is 5.81. The van der Waals surface area contributed by atoms with Gasteiger partial charge in [0.15, 0.2) is 11.5 Å². The second kappa shape index (κ2) is 5.89. The first-order valence-corrected chi connectivity index (χ1v) is 7.57. The van der Waals surface area contributed by atoms with Gasteiger partial charge in [0, 0.05) is 12.0 Å². The van der Waals surface area contributed by atoms with Crippen LogP contribution in [0.2, 0.25) is 0 Å². The van der Waals surface area contributed by atoms with Crippen molar-refractivity contribution in [1.82, 2.24) is 0 Å². The summed E-state index contributed by atoms with van der Waals surface area (Å²) in [6.07, 6.45) is 0.405. The van der Waals surface area contributed by atoms with Crippen molar-refractivity contribution in [2.24, 2.45) is 4.99 Å². The molecular formula is C16H16F3NO3. The largest absolute Gasteiger partial charge is 0.489 e. The lowest BCUT2D eigenvalue weighted by atomic mass is 9.87. The minimum atomic E-state index is -4.53. The Balaban J connectivity index is 2.21. The number of rotatable bonds is 2. The normalized spacial score (nSPS) is 19.8. The Labute approximate surface area is 131 Å². The third-order valence-corrected chi connectivity index (χ3v) is 4.39. The summed E-state index contributed by atoms with van der Waals surface area (Å²) < 4.78 is 50.6. The van der Waals surface area contributed by atoms with E-state index < -0.39 is 17.3 Å². The van der Waals surface area contributed by atoms with Gasteiger partial charge in [0.1, 0.15) is 11.1 Å². The summed E-state index contributed by atoms with van der Waals surface area (Å²) in [5.74, 6) is -0.224. The van der Waals surface area contributed by atoms with Crippen molar-refractivity contribution in [1.29, 1.82) is 0 Å². The molecule has 0 bridgehead atoms. The number of aliphatic imine (C=N–C) groups is 1. The third kappa shape index (κ3) is 2.81. The number of fused-ring (bicyclic) bond motifs is 1. The molecule has 0 unspecified atom stereocenters. The van der Waals surface area contributed by atoms with Crippen LogP contribution >= 0.6 is 0 Å². The summed E-state index contributed by atoms with van der Waals surface area (Å²) in [6.45, 7) is 0.422. The number of halogens is 3. The number of alkyl halides is 3. The number of hydrogen-bond acceptors (Lipinski definition) is 4. The minimum absolute atomic E-state index is 0.0678. The zero-order valence-electron chi connectivity index (χ0n) is 12.4. The maximum Gasteiger partial charge on any atom is 0.420 e. The number of hydrogen-bond donors (Lipinski definition) is 0. The van der Waals surface area contributed by atoms with Crippen LogP contribution in [0.4, 0.5) is 13.2 Å². The predicted octanol–water partition coefficient (Wildman–Crippen LogP) is 3.97. The van der Waals surface area contributed by atoms with Gasteiger partial charge in [-0.2, -0.15) is 18.2 Å². The van der Waals surface area contributed by atoms with Gasteiger partial charge in [0.2, 0.25) is 6.08 Å². The van der Waals surface area contributed by atoms with E-state index in [1.165, 1.54) is 6.07 Å². The summed E-state index contributed by atoms with van der Waals surface area (Å²) in [5, 5.41) is 0. The lowest BCUT2D eigenvalue weighted by Gasteiger charge is -2.27. The lowest BCUT2D eigenvalue weighted by molar-refractivity contribution is -0.139. The fraction of sp³-hybridized carbons (Fsp3) is 0.562. The smallest absolute Gasteiger partial charge is 0.420 e. The summed E-state index contributed by atoms with van der Waals surface area (Å²) in [7, 11) is 0. The zero-order chi connectivity index (χ0) is 16.5. The average Bonchev–Trinajstić information content (AvgIpc) is 2.83. The van der Waals surface area contributed by atoms with Crippen LogP contribution in [-0.4, -0.2) is 19.3 Å². The van der Waals surface area contributed by atoms with E-state index in [1.807, 2.05) is 0 Å². The van der Waals surface area contributed by atoms with Gasteiger partial charge in [-0.25, -0.2) is 4.79 Å². The van der Waals surface area contributed by atoms with Crippen molar-refractivity contribution in [2.75, 3.05) is 13.2 Å². The molecule has 0 saturated heterocycles. The molecule has 2 aliphatic rings. The minimum Gasteiger partial charge on any atom is -0.489 e. The van der Waals surface area contributed by atoms with Gasteiger partial charge in [0.25, 0.3) is 0 Å². The second-order valence-corrected chi connectivity index (χ2v) is 5.81. The Morgan fingerprint density at radius 3 is 2.30 bits per heavy atom. The highest BCUT2D eigenvalue weighted by atomic mass is 19.4. The first kappa shape index (κ1) is 15.9. The third-order valence-electron chi connectivity index (χ3n) is 4.39. The maximum absolute atomic E-state index is 13.2. The molecule has 0 radical (unpaired) electrons. The van der Waals surface area contributed by atoms with Crippen molar-refractivity contribution in [2.45, 2.75) is 43.8 Å². The summed E-state index contributed by atoms with van der Waals surface area (Å²) in [4.78, 5) is 14.8. The van der Waals surface area contributed by atoms with Gasteiger partial charge in [-0.3, -0.25) is 0 Å². The molecule has 1 aromatic rings. The van der Waals surface area contributed by atoms with Crippen LogP contribution in [0.3, 0.4) is 0 Å². The quantitative estimate of drug-likeness (QED) is 0.610. The van der Waals surface area contributed by atoms with Crippen LogP contribution in [0.1, 0.15) is 43.2 Å². The highest BCUT2D eigenvalue weighted by molar-refractivity contribution is 5.57. The topological polar surface area (TPSA) is 47.9 Å². The van der Waals surface area contributed by atoms with E-state index in [1.54, 1.807) is 6.08 Å². The van der Waals surface area contributed by atoms with Crippen molar-refractivity contribution in [3.05, 3.63) is 23.3 Å². The Hall–Kier alpha value is -2.01. The van der Waals surface area contributed by atoms with Crippen LogP contribution in [0.25, 0.3) is 0 Å². The van der Waals surface area contributed by atoms with E-state index in [2.05, 4.69) is 4.99 Å². The van der Waals surface area contributed by atoms with E-state index in [-0.39, 0.29) is 24.7 Å². The van der Waals surface area contributed by atoms with Crippen LogP contribution < -0.4 is 9.47 Å². The standard InChI is InChI=1S/C16H16F3NO3/c17-16(18,19)12-5-4-11(13-14(12)23-9-3-8-22-13)15(20-10-21)6-1-2-7-15/h4-5H,1-3,6-9H2. The lowest BCUT2D eigenvalue weighted by Crippen LogP contribution is -2.21. The molecule has 0 aromatic heterocycles. The summed E-state index contributed by atoms with van der Waals surface area (Å²) in [5.41, 5.74) is -1.23. The first-order valence-electron chi connectivity index (χ1n) is 7.57. The summed E-state index contributed by atoms with van der Waals surface area (Å²) in [6, 6.07) is 2.35. The molecule has 1 aromatic carbocycles. The average molecular weight is 327 g/mol. The van der Waals surface area contributed by atoms with E-state index >= 15 is 0 Å². The predicted molar refractivity (Wildman–Crippen MR) is 75.3 cm³/mol. The van der Waals surface area contributed by atoms with Crippen LogP contribution in [0, 0.1) is 0 Å². The number of nitrogens with zero attached hydrogens (tertiary/aromatic N) is 1. The van der Waals surface area contributed by atoms with Gasteiger partial charge in [-0.05, 0) is 18.9 Å². The van der Waals surface area contributed by atoms with Crippen LogP contribution in [0.15, 0.2) is 17.1 Å². The molecule has 4 nitrogen and oxygen atoms in total. The Bertz CT molecular complexity index is 645. The van der Waals surface area contributed by atoms with E-state index in [9.17, 15) is 18.0 Å². The van der Waals surface area contributed by atoms with E-state index in [0.717, 1.165) is 18.9 Å². The zero-order valence-corrected chi connectivity index (χ0v) is 12.4. The molecule has 0 N–H and O–H groups in total. The highest BCUT2D eigenvalue weighted by Crippen LogP contribution is 2.52. The Kier molecular flexibility index (Phi) is 4.06. The SMILES string of the molecule is O=C=NC1(c2ccc(C(F)(F)F)c3c2OCCCO3)CCCC1. The molecule has 0 atom stereocenters. The number of ether oxygens (including phenoxy) is 2. The Morgan fingerprint density at radius 2 is 1.70 bits per heavy atom. The van der Waals surface area contributed by atoms with Gasteiger partial charge in [0.05, 0.1) is 13.2 Å². The maximum atomic E-state index is 13.2. The molecular weight excluding hydrogens is 311 g/mol. The molecule has 1 aliphatic heterocycles. The fourth-order valence-corrected chi connectivity index (χ4v) is 3.33. The van der Waals surface area contributed by atoms with Gasteiger partial charge in [-0.1, -0.05) is 18.9 Å². The summed E-state index contributed by atoms with van der Waals surface area (Å²) >= 11 is 0. The molecule has 1 aliphatic carbocycles. The Morgan fingerprint density at radius 1 is 1.04 bits per heavy atom. The molecule has 1 fully saturated rings. The van der Waals surface area contributed by atoms with Crippen LogP contribution in [-0.2, 0) is 16.5 Å². The molecule has 23 heavy (non-hydrogen) atoms. The van der Waals surface area contributed by atoms with Crippen molar-refractivity contribution < 1.29 is 27.4 Å². The molecule has 1 saturated carbocycles. The molecule has 7 heteroatoms. The van der Waals surface area contributed by atoms with Crippen molar-refractivity contribution >= 4 is 6.08 Å². The molecule has 124 valence electrons. The highest BCUT2D eigenvalue weighted by Gasteiger charge is 2.43. The monoisotopic (exact) mass is 327 g/mol. The van der Waals surface area contributed by atoms with Gasteiger partial charge < -0.3 is 9.47 Å². The number of carbonyl (C=O) groups excluding carboxylic acids is 1.